The quantitative estimate of drug-likeness (QED) is 0.680. The van der Waals surface area contributed by atoms with Gasteiger partial charge in [-0.3, -0.25) is 4.79 Å². The summed E-state index contributed by atoms with van der Waals surface area (Å²) in [5, 5.41) is 0. The van der Waals surface area contributed by atoms with E-state index in [2.05, 4.69) is 18.9 Å². The fourth-order valence-corrected chi connectivity index (χ4v) is 2.04. The van der Waals surface area contributed by atoms with Crippen molar-refractivity contribution in [3.05, 3.63) is 0 Å². The summed E-state index contributed by atoms with van der Waals surface area (Å²) in [6.45, 7) is 8.45. The van der Waals surface area contributed by atoms with Gasteiger partial charge < -0.3 is 15.5 Å². The second-order valence-corrected chi connectivity index (χ2v) is 5.19. The number of rotatable bonds is 1. The van der Waals surface area contributed by atoms with Crippen molar-refractivity contribution in [2.75, 3.05) is 26.7 Å². The molecule has 88 valence electrons. The molecule has 0 radical (unpaired) electrons. The van der Waals surface area contributed by atoms with Gasteiger partial charge in [0, 0.05) is 19.1 Å². The number of hydrogen-bond donors (Lipinski definition) is 1. The zero-order valence-corrected chi connectivity index (χ0v) is 10.3. The van der Waals surface area contributed by atoms with Crippen LogP contribution < -0.4 is 5.73 Å². The van der Waals surface area contributed by atoms with Crippen molar-refractivity contribution in [1.82, 2.24) is 9.80 Å². The molecule has 4 nitrogen and oxygen atoms in total. The van der Waals surface area contributed by atoms with E-state index < -0.39 is 5.54 Å². The van der Waals surface area contributed by atoms with E-state index in [4.69, 9.17) is 5.73 Å². The Morgan fingerprint density at radius 2 is 2.00 bits per heavy atom. The molecule has 0 spiro atoms. The van der Waals surface area contributed by atoms with Crippen LogP contribution in [0.1, 0.15) is 27.2 Å². The Balaban J connectivity index is 2.72. The minimum atomic E-state index is -0.753. The predicted molar refractivity (Wildman–Crippen MR) is 61.6 cm³/mol. The van der Waals surface area contributed by atoms with Gasteiger partial charge in [0.25, 0.3) is 0 Å². The van der Waals surface area contributed by atoms with Crippen LogP contribution in [0.3, 0.4) is 0 Å². The van der Waals surface area contributed by atoms with Gasteiger partial charge in [-0.2, -0.15) is 0 Å². The molecule has 0 aromatic rings. The highest BCUT2D eigenvalue weighted by molar-refractivity contribution is 5.85. The molecule has 1 aliphatic rings. The summed E-state index contributed by atoms with van der Waals surface area (Å²) in [5.41, 5.74) is 5.10. The molecule has 1 fully saturated rings. The molecule has 0 aliphatic carbocycles. The van der Waals surface area contributed by atoms with Gasteiger partial charge in [0.2, 0.25) is 5.91 Å². The summed E-state index contributed by atoms with van der Waals surface area (Å²) in [5.74, 6) is 0.0605. The molecular formula is C11H23N3O. The van der Waals surface area contributed by atoms with E-state index in [9.17, 15) is 4.79 Å². The lowest BCUT2D eigenvalue weighted by atomic mass is 10.0. The van der Waals surface area contributed by atoms with Crippen molar-refractivity contribution >= 4 is 5.91 Å². The van der Waals surface area contributed by atoms with Gasteiger partial charge in [-0.1, -0.05) is 0 Å². The van der Waals surface area contributed by atoms with Crippen LogP contribution in [0.5, 0.6) is 0 Å². The Kier molecular flexibility index (Phi) is 3.73. The lowest BCUT2D eigenvalue weighted by molar-refractivity contribution is -0.137. The van der Waals surface area contributed by atoms with Gasteiger partial charge in [-0.15, -0.1) is 0 Å². The van der Waals surface area contributed by atoms with E-state index in [1.54, 1.807) is 13.8 Å². The molecule has 1 unspecified atom stereocenters. The van der Waals surface area contributed by atoms with Crippen molar-refractivity contribution in [1.29, 1.82) is 0 Å². The average molecular weight is 213 g/mol. The van der Waals surface area contributed by atoms with Gasteiger partial charge >= 0.3 is 0 Å². The first-order valence-corrected chi connectivity index (χ1v) is 5.61. The van der Waals surface area contributed by atoms with Gasteiger partial charge in [-0.25, -0.2) is 0 Å². The third kappa shape index (κ3) is 3.18. The number of nitrogens with zero attached hydrogens (tertiary/aromatic N) is 2. The Morgan fingerprint density at radius 1 is 1.40 bits per heavy atom. The van der Waals surface area contributed by atoms with Crippen LogP contribution in [0.2, 0.25) is 0 Å². The first kappa shape index (κ1) is 12.5. The fraction of sp³-hybridized carbons (Fsp3) is 0.909. The van der Waals surface area contributed by atoms with E-state index >= 15 is 0 Å². The number of carbonyl (C=O) groups is 1. The van der Waals surface area contributed by atoms with Crippen molar-refractivity contribution in [3.8, 4) is 0 Å². The Labute approximate surface area is 92.4 Å². The summed E-state index contributed by atoms with van der Waals surface area (Å²) in [7, 11) is 2.10. The first-order valence-electron chi connectivity index (χ1n) is 5.61. The summed E-state index contributed by atoms with van der Waals surface area (Å²) in [6, 6.07) is 0.257. The van der Waals surface area contributed by atoms with Crippen LogP contribution in [0.15, 0.2) is 0 Å². The van der Waals surface area contributed by atoms with Gasteiger partial charge in [0.15, 0.2) is 0 Å². The topological polar surface area (TPSA) is 49.6 Å². The average Bonchev–Trinajstić information content (AvgIpc) is 2.23. The van der Waals surface area contributed by atoms with Crippen LogP contribution in [0, 0.1) is 0 Å². The highest BCUT2D eigenvalue weighted by atomic mass is 16.2. The smallest absolute Gasteiger partial charge is 0.242 e. The standard InChI is InChI=1S/C11H23N3O/c1-9-8-13(4)6-5-7-14(9)10(15)11(2,3)12/h9H,5-8,12H2,1-4H3. The minimum absolute atomic E-state index is 0.0605. The van der Waals surface area contributed by atoms with Crippen molar-refractivity contribution < 1.29 is 4.79 Å². The molecule has 0 aromatic carbocycles. The first-order chi connectivity index (χ1) is 6.82. The highest BCUT2D eigenvalue weighted by Crippen LogP contribution is 2.13. The minimum Gasteiger partial charge on any atom is -0.337 e. The maximum Gasteiger partial charge on any atom is 0.242 e. The van der Waals surface area contributed by atoms with Gasteiger partial charge in [0.05, 0.1) is 5.54 Å². The third-order valence-electron chi connectivity index (χ3n) is 2.86. The molecule has 1 rings (SSSR count). The summed E-state index contributed by atoms with van der Waals surface area (Å²) < 4.78 is 0. The second kappa shape index (κ2) is 4.49. The highest BCUT2D eigenvalue weighted by Gasteiger charge is 2.31. The van der Waals surface area contributed by atoms with Crippen LogP contribution in [-0.4, -0.2) is 54.0 Å². The van der Waals surface area contributed by atoms with E-state index in [0.29, 0.717) is 0 Å². The molecule has 1 heterocycles. The van der Waals surface area contributed by atoms with E-state index in [0.717, 1.165) is 26.1 Å². The SMILES string of the molecule is CC1CN(C)CCCN1C(=O)C(C)(C)N. The maximum atomic E-state index is 12.1. The number of likely N-dealkylation sites (N-methyl/N-ethyl adjacent to an activating group) is 1. The molecule has 0 saturated carbocycles. The van der Waals surface area contributed by atoms with Gasteiger partial charge in [0.1, 0.15) is 0 Å². The molecule has 1 amide bonds. The lowest BCUT2D eigenvalue weighted by Gasteiger charge is -2.33. The Morgan fingerprint density at radius 3 is 2.53 bits per heavy atom. The molecular weight excluding hydrogens is 190 g/mol. The van der Waals surface area contributed by atoms with Crippen molar-refractivity contribution in [2.45, 2.75) is 38.8 Å². The monoisotopic (exact) mass is 213 g/mol. The fourth-order valence-electron chi connectivity index (χ4n) is 2.04. The Hall–Kier alpha value is -0.610. The molecule has 1 aliphatic heterocycles. The van der Waals surface area contributed by atoms with Crippen LogP contribution >= 0.6 is 0 Å². The lowest BCUT2D eigenvalue weighted by Crippen LogP contribution is -2.54. The molecule has 15 heavy (non-hydrogen) atoms. The maximum absolute atomic E-state index is 12.1. The van der Waals surface area contributed by atoms with E-state index in [-0.39, 0.29) is 11.9 Å². The zero-order valence-electron chi connectivity index (χ0n) is 10.3. The van der Waals surface area contributed by atoms with E-state index in [1.165, 1.54) is 0 Å². The van der Waals surface area contributed by atoms with Crippen LogP contribution in [0.4, 0.5) is 0 Å². The molecule has 0 aromatic heterocycles. The van der Waals surface area contributed by atoms with Crippen LogP contribution in [-0.2, 0) is 4.79 Å². The van der Waals surface area contributed by atoms with E-state index in [1.807, 2.05) is 4.90 Å². The number of hydrogen-bond acceptors (Lipinski definition) is 3. The number of nitrogens with two attached hydrogens (primary N) is 1. The van der Waals surface area contributed by atoms with Gasteiger partial charge in [-0.05, 0) is 40.8 Å². The Bertz CT molecular complexity index is 234. The summed E-state index contributed by atoms with van der Waals surface area (Å²) in [6.07, 6.45) is 1.03. The molecule has 1 atom stereocenters. The normalized spacial score (nSPS) is 25.1. The molecule has 2 N–H and O–H groups in total. The summed E-state index contributed by atoms with van der Waals surface area (Å²) >= 11 is 0. The molecule has 1 saturated heterocycles. The summed E-state index contributed by atoms with van der Waals surface area (Å²) in [4.78, 5) is 16.3. The van der Waals surface area contributed by atoms with Crippen molar-refractivity contribution in [3.63, 3.8) is 0 Å². The predicted octanol–water partition coefficient (Wildman–Crippen LogP) is 0.276. The largest absolute Gasteiger partial charge is 0.337 e. The van der Waals surface area contributed by atoms with Crippen LogP contribution in [0.25, 0.3) is 0 Å². The molecule has 0 bridgehead atoms. The second-order valence-electron chi connectivity index (χ2n) is 5.19. The number of amides is 1. The zero-order chi connectivity index (χ0) is 11.6. The molecule has 4 heteroatoms. The van der Waals surface area contributed by atoms with Crippen molar-refractivity contribution in [2.24, 2.45) is 5.73 Å². The number of carbonyl (C=O) groups excluding carboxylic acids is 1. The third-order valence-corrected chi connectivity index (χ3v) is 2.86.